The molecule has 0 saturated heterocycles. The van der Waals surface area contributed by atoms with Crippen molar-refractivity contribution < 1.29 is 8.42 Å². The van der Waals surface area contributed by atoms with Gasteiger partial charge in [-0.2, -0.15) is 0 Å². The third-order valence-electron chi connectivity index (χ3n) is 1.62. The van der Waals surface area contributed by atoms with E-state index >= 15 is 0 Å². The number of thiocarbonyl (C=S) groups is 1. The Morgan fingerprint density at radius 3 is 2.87 bits per heavy atom. The molecular formula is C8H11N3O2S2. The summed E-state index contributed by atoms with van der Waals surface area (Å²) in [6, 6.07) is 1.58. The summed E-state index contributed by atoms with van der Waals surface area (Å²) < 4.78 is 25.3. The monoisotopic (exact) mass is 245 g/mol. The SMILES string of the molecule is Cc1cnccc1NS(=O)(=O)CC(N)=S. The van der Waals surface area contributed by atoms with Crippen molar-refractivity contribution in [3.63, 3.8) is 0 Å². The minimum atomic E-state index is -3.50. The first kappa shape index (κ1) is 11.9. The molecular weight excluding hydrogens is 234 g/mol. The zero-order valence-corrected chi connectivity index (χ0v) is 9.73. The van der Waals surface area contributed by atoms with E-state index < -0.39 is 10.0 Å². The molecule has 0 unspecified atom stereocenters. The number of nitrogens with one attached hydrogen (secondary N) is 1. The number of pyridine rings is 1. The van der Waals surface area contributed by atoms with Gasteiger partial charge in [0.2, 0.25) is 10.0 Å². The van der Waals surface area contributed by atoms with Gasteiger partial charge in [-0.05, 0) is 18.6 Å². The average molecular weight is 245 g/mol. The van der Waals surface area contributed by atoms with Gasteiger partial charge in [-0.25, -0.2) is 8.42 Å². The van der Waals surface area contributed by atoms with Crippen molar-refractivity contribution in [3.8, 4) is 0 Å². The number of nitrogens with two attached hydrogens (primary N) is 1. The van der Waals surface area contributed by atoms with Crippen LogP contribution in [0.5, 0.6) is 0 Å². The highest BCUT2D eigenvalue weighted by atomic mass is 32.2. The van der Waals surface area contributed by atoms with Crippen LogP contribution in [0.25, 0.3) is 0 Å². The molecule has 0 saturated carbocycles. The minimum absolute atomic E-state index is 0.0609. The molecule has 0 bridgehead atoms. The Morgan fingerprint density at radius 2 is 2.33 bits per heavy atom. The Hall–Kier alpha value is -1.21. The van der Waals surface area contributed by atoms with Gasteiger partial charge in [0.05, 0.1) is 10.7 Å². The van der Waals surface area contributed by atoms with E-state index in [0.717, 1.165) is 5.56 Å². The largest absolute Gasteiger partial charge is 0.392 e. The van der Waals surface area contributed by atoms with Gasteiger partial charge < -0.3 is 5.73 Å². The number of rotatable bonds is 4. The minimum Gasteiger partial charge on any atom is -0.392 e. The van der Waals surface area contributed by atoms with E-state index in [1.54, 1.807) is 19.2 Å². The zero-order chi connectivity index (χ0) is 11.5. The van der Waals surface area contributed by atoms with Gasteiger partial charge in [0.25, 0.3) is 0 Å². The Bertz CT molecular complexity index is 471. The maximum absolute atomic E-state index is 11.5. The van der Waals surface area contributed by atoms with Gasteiger partial charge in [0.1, 0.15) is 5.75 Å². The topological polar surface area (TPSA) is 85.1 Å². The van der Waals surface area contributed by atoms with E-state index in [2.05, 4.69) is 21.9 Å². The molecule has 0 radical (unpaired) electrons. The van der Waals surface area contributed by atoms with Crippen LogP contribution in [0, 0.1) is 6.92 Å². The molecule has 0 amide bonds. The van der Waals surface area contributed by atoms with Crippen LogP contribution in [0.3, 0.4) is 0 Å². The third-order valence-corrected chi connectivity index (χ3v) is 3.17. The van der Waals surface area contributed by atoms with Crippen molar-refractivity contribution in [1.82, 2.24) is 4.98 Å². The maximum atomic E-state index is 11.5. The maximum Gasteiger partial charge on any atom is 0.239 e. The lowest BCUT2D eigenvalue weighted by atomic mass is 10.3. The van der Waals surface area contributed by atoms with Crippen molar-refractivity contribution in [3.05, 3.63) is 24.0 Å². The molecule has 0 aromatic carbocycles. The smallest absolute Gasteiger partial charge is 0.239 e. The molecule has 1 rings (SSSR count). The van der Waals surface area contributed by atoms with Gasteiger partial charge in [-0.1, -0.05) is 12.2 Å². The lowest BCUT2D eigenvalue weighted by molar-refractivity contribution is 0.605. The number of sulfonamides is 1. The Kier molecular flexibility index (Phi) is 3.59. The van der Waals surface area contributed by atoms with Crippen molar-refractivity contribution >= 4 is 32.9 Å². The lowest BCUT2D eigenvalue weighted by Crippen LogP contribution is -2.26. The number of nitrogens with zero attached hydrogens (tertiary/aromatic N) is 1. The summed E-state index contributed by atoms with van der Waals surface area (Å²) in [6.07, 6.45) is 3.07. The molecule has 1 aromatic heterocycles. The molecule has 0 spiro atoms. The van der Waals surface area contributed by atoms with E-state index in [9.17, 15) is 8.42 Å². The van der Waals surface area contributed by atoms with Crippen LogP contribution >= 0.6 is 12.2 Å². The van der Waals surface area contributed by atoms with Crippen molar-refractivity contribution in [2.45, 2.75) is 6.92 Å². The van der Waals surface area contributed by atoms with E-state index in [1.165, 1.54) is 6.20 Å². The Labute approximate surface area is 93.8 Å². The van der Waals surface area contributed by atoms with Crippen LogP contribution in [0.15, 0.2) is 18.5 Å². The average Bonchev–Trinajstić information content (AvgIpc) is 2.06. The van der Waals surface area contributed by atoms with Crippen LogP contribution in [0.1, 0.15) is 5.56 Å². The summed E-state index contributed by atoms with van der Waals surface area (Å²) >= 11 is 4.54. The van der Waals surface area contributed by atoms with Crippen LogP contribution < -0.4 is 10.5 Å². The summed E-state index contributed by atoms with van der Waals surface area (Å²) in [5.74, 6) is -0.357. The third kappa shape index (κ3) is 3.80. The molecule has 82 valence electrons. The van der Waals surface area contributed by atoms with Gasteiger partial charge in [0.15, 0.2) is 0 Å². The highest BCUT2D eigenvalue weighted by molar-refractivity contribution is 7.95. The Balaban J connectivity index is 2.87. The summed E-state index contributed by atoms with van der Waals surface area (Å²) in [7, 11) is -3.50. The molecule has 0 aliphatic rings. The second-order valence-electron chi connectivity index (χ2n) is 3.02. The molecule has 0 aliphatic carbocycles. The summed E-state index contributed by atoms with van der Waals surface area (Å²) in [6.45, 7) is 1.76. The normalized spacial score (nSPS) is 11.0. The highest BCUT2D eigenvalue weighted by Gasteiger charge is 2.12. The summed E-state index contributed by atoms with van der Waals surface area (Å²) in [5, 5.41) is 0. The first-order valence-electron chi connectivity index (χ1n) is 4.10. The first-order valence-corrected chi connectivity index (χ1v) is 6.16. The van der Waals surface area contributed by atoms with E-state index in [1.807, 2.05) is 0 Å². The van der Waals surface area contributed by atoms with Crippen LogP contribution in [0.2, 0.25) is 0 Å². The molecule has 0 atom stereocenters. The molecule has 3 N–H and O–H groups in total. The molecule has 5 nitrogen and oxygen atoms in total. The number of anilines is 1. The zero-order valence-electron chi connectivity index (χ0n) is 8.10. The van der Waals surface area contributed by atoms with Crippen LogP contribution in [-0.2, 0) is 10.0 Å². The molecule has 0 fully saturated rings. The van der Waals surface area contributed by atoms with Crippen LogP contribution in [-0.4, -0.2) is 24.1 Å². The lowest BCUT2D eigenvalue weighted by Gasteiger charge is -2.08. The standard InChI is InChI=1S/C8H11N3O2S2/c1-6-4-10-3-2-7(6)11-15(12,13)5-8(9)14/h2-4H,5H2,1H3,(H2,9,14)(H,10,11). The second kappa shape index (κ2) is 4.54. The van der Waals surface area contributed by atoms with Crippen LogP contribution in [0.4, 0.5) is 5.69 Å². The Morgan fingerprint density at radius 1 is 1.67 bits per heavy atom. The van der Waals surface area contributed by atoms with Crippen molar-refractivity contribution in [2.75, 3.05) is 10.5 Å². The number of hydrogen-bond acceptors (Lipinski definition) is 4. The predicted octanol–water partition coefficient (Wildman–Crippen LogP) is 0.418. The van der Waals surface area contributed by atoms with Crippen molar-refractivity contribution in [2.24, 2.45) is 5.73 Å². The number of hydrogen-bond donors (Lipinski definition) is 2. The molecule has 7 heteroatoms. The fourth-order valence-electron chi connectivity index (χ4n) is 0.979. The van der Waals surface area contributed by atoms with Gasteiger partial charge in [0, 0.05) is 12.4 Å². The van der Waals surface area contributed by atoms with E-state index in [4.69, 9.17) is 5.73 Å². The second-order valence-corrected chi connectivity index (χ2v) is 5.26. The first-order chi connectivity index (χ1) is 6.91. The van der Waals surface area contributed by atoms with Gasteiger partial charge in [-0.3, -0.25) is 9.71 Å². The quantitative estimate of drug-likeness (QED) is 0.751. The van der Waals surface area contributed by atoms with E-state index in [-0.39, 0.29) is 10.7 Å². The van der Waals surface area contributed by atoms with E-state index in [0.29, 0.717) is 5.69 Å². The fraction of sp³-hybridized carbons (Fsp3) is 0.250. The summed E-state index contributed by atoms with van der Waals surface area (Å²) in [5.41, 5.74) is 6.40. The number of aromatic nitrogens is 1. The predicted molar refractivity (Wildman–Crippen MR) is 63.2 cm³/mol. The summed E-state index contributed by atoms with van der Waals surface area (Å²) in [4.78, 5) is 3.79. The molecule has 1 aromatic rings. The molecule has 0 aliphatic heterocycles. The fourth-order valence-corrected chi connectivity index (χ4v) is 2.46. The van der Waals surface area contributed by atoms with Gasteiger partial charge >= 0.3 is 0 Å². The van der Waals surface area contributed by atoms with Crippen molar-refractivity contribution in [1.29, 1.82) is 0 Å². The number of aryl methyl sites for hydroxylation is 1. The molecule has 1 heterocycles. The highest BCUT2D eigenvalue weighted by Crippen LogP contribution is 2.13. The van der Waals surface area contributed by atoms with Gasteiger partial charge in [-0.15, -0.1) is 0 Å². The molecule has 15 heavy (non-hydrogen) atoms.